The second kappa shape index (κ2) is 5.63. The van der Waals surface area contributed by atoms with Crippen molar-refractivity contribution in [2.75, 3.05) is 0 Å². The normalized spacial score (nSPS) is 9.71. The maximum atomic E-state index is 9.56. The molecule has 0 amide bonds. The minimum Gasteiger partial charge on any atom is -0.291 e. The summed E-state index contributed by atoms with van der Waals surface area (Å²) in [5.41, 5.74) is 0. The molecule has 0 aromatic heterocycles. The van der Waals surface area contributed by atoms with Gasteiger partial charge in [0.15, 0.2) is 6.29 Å². The summed E-state index contributed by atoms with van der Waals surface area (Å²) in [7, 11) is -0.130. The maximum Gasteiger partial charge on any atom is 0.194 e. The molecule has 0 aliphatic heterocycles. The Morgan fingerprint density at radius 3 is 3.00 bits per heavy atom. The fourth-order valence-corrected chi connectivity index (χ4v) is 0.956. The van der Waals surface area contributed by atoms with E-state index >= 15 is 0 Å². The third-order valence-corrected chi connectivity index (χ3v) is 2.06. The molecule has 0 spiro atoms. The van der Waals surface area contributed by atoms with E-state index in [1.165, 1.54) is 0 Å². The molecule has 0 unspecified atom stereocenters. The molecule has 0 aliphatic carbocycles. The largest absolute Gasteiger partial charge is 0.291 e. The second-order valence-electron chi connectivity index (χ2n) is 1.33. The molecule has 0 N–H and O–H groups in total. The van der Waals surface area contributed by atoms with Gasteiger partial charge in [-0.25, -0.2) is 0 Å². The molecule has 0 heterocycles. The average Bonchev–Trinajstić information content (AvgIpc) is 1.69. The van der Waals surface area contributed by atoms with Crippen molar-refractivity contribution in [3.8, 4) is 0 Å². The quantitative estimate of drug-likeness (QED) is 0.291. The molecule has 1 radical (unpaired) electrons. The Kier molecular flexibility index (Phi) is 5.33. The van der Waals surface area contributed by atoms with Crippen molar-refractivity contribution >= 4 is 15.8 Å². The molecule has 0 aliphatic rings. The SMILES string of the molecule is C=CC[SiH2]C[C]=O. The first-order chi connectivity index (χ1) is 3.41. The summed E-state index contributed by atoms with van der Waals surface area (Å²) in [6, 6.07) is 1.75. The monoisotopic (exact) mass is 113 g/mol. The lowest BCUT2D eigenvalue weighted by atomic mass is 10.8. The summed E-state index contributed by atoms with van der Waals surface area (Å²) in [6.07, 6.45) is 3.73. The maximum absolute atomic E-state index is 9.56. The van der Waals surface area contributed by atoms with Crippen LogP contribution in [-0.4, -0.2) is 15.8 Å². The van der Waals surface area contributed by atoms with E-state index in [9.17, 15) is 4.79 Å². The van der Waals surface area contributed by atoms with E-state index in [1.54, 1.807) is 0 Å². The smallest absolute Gasteiger partial charge is 0.194 e. The number of rotatable bonds is 4. The molecular formula is C5H9OSi. The first-order valence-corrected chi connectivity index (χ1v) is 4.37. The lowest BCUT2D eigenvalue weighted by Gasteiger charge is -1.79. The predicted octanol–water partition coefficient (Wildman–Crippen LogP) is 0.287. The fraction of sp³-hybridized carbons (Fsp3) is 0.400. The van der Waals surface area contributed by atoms with Gasteiger partial charge in [0.2, 0.25) is 0 Å². The van der Waals surface area contributed by atoms with Crippen molar-refractivity contribution in [2.24, 2.45) is 0 Å². The first-order valence-electron chi connectivity index (χ1n) is 2.37. The van der Waals surface area contributed by atoms with Crippen LogP contribution in [0.1, 0.15) is 0 Å². The molecule has 0 atom stereocenters. The highest BCUT2D eigenvalue weighted by Gasteiger charge is 1.80. The van der Waals surface area contributed by atoms with Crippen LogP contribution in [0.3, 0.4) is 0 Å². The number of hydrogen-bond donors (Lipinski definition) is 0. The van der Waals surface area contributed by atoms with Crippen molar-refractivity contribution in [1.29, 1.82) is 0 Å². The average molecular weight is 113 g/mol. The number of allylic oxidation sites excluding steroid dienone is 1. The van der Waals surface area contributed by atoms with Crippen molar-refractivity contribution in [3.05, 3.63) is 12.7 Å². The molecule has 7 heavy (non-hydrogen) atoms. The molecule has 0 aromatic rings. The van der Waals surface area contributed by atoms with Gasteiger partial charge < -0.3 is 0 Å². The van der Waals surface area contributed by atoms with Gasteiger partial charge >= 0.3 is 0 Å². The van der Waals surface area contributed by atoms with Crippen LogP contribution in [0.2, 0.25) is 12.1 Å². The Bertz CT molecular complexity index is 53.1. The van der Waals surface area contributed by atoms with Crippen LogP contribution in [0.25, 0.3) is 0 Å². The van der Waals surface area contributed by atoms with E-state index in [0.717, 1.165) is 6.04 Å². The van der Waals surface area contributed by atoms with Crippen molar-refractivity contribution in [3.63, 3.8) is 0 Å². The third kappa shape index (κ3) is 5.63. The summed E-state index contributed by atoms with van der Waals surface area (Å²) in [5, 5.41) is 0. The van der Waals surface area contributed by atoms with Crippen LogP contribution < -0.4 is 0 Å². The van der Waals surface area contributed by atoms with Crippen LogP contribution in [0.4, 0.5) is 0 Å². The van der Waals surface area contributed by atoms with E-state index in [2.05, 4.69) is 6.58 Å². The van der Waals surface area contributed by atoms with Crippen LogP contribution in [0, 0.1) is 0 Å². The lowest BCUT2D eigenvalue weighted by molar-refractivity contribution is 0.559. The number of carbonyl (C=O) groups excluding carboxylic acids is 1. The summed E-state index contributed by atoms with van der Waals surface area (Å²) in [6.45, 7) is 3.54. The molecule has 0 saturated carbocycles. The highest BCUT2D eigenvalue weighted by atomic mass is 28.2. The molecule has 0 rings (SSSR count). The molecule has 39 valence electrons. The zero-order chi connectivity index (χ0) is 5.54. The molecular weight excluding hydrogens is 104 g/mol. The number of hydrogen-bond acceptors (Lipinski definition) is 1. The van der Waals surface area contributed by atoms with Gasteiger partial charge in [-0.15, -0.1) is 6.58 Å². The Labute approximate surface area is 46.2 Å². The van der Waals surface area contributed by atoms with Gasteiger partial charge in [0.1, 0.15) is 0 Å². The summed E-state index contributed by atoms with van der Waals surface area (Å²) in [4.78, 5) is 9.56. The molecule has 0 aromatic carbocycles. The van der Waals surface area contributed by atoms with Crippen LogP contribution in [0.15, 0.2) is 12.7 Å². The van der Waals surface area contributed by atoms with Gasteiger partial charge in [0.25, 0.3) is 0 Å². The fourth-order valence-electron chi connectivity index (χ4n) is 0.319. The molecule has 0 bridgehead atoms. The van der Waals surface area contributed by atoms with E-state index in [-0.39, 0.29) is 9.52 Å². The minimum absolute atomic E-state index is 0.130. The Balaban J connectivity index is 2.68. The molecule has 2 heteroatoms. The highest BCUT2D eigenvalue weighted by Crippen LogP contribution is 1.80. The highest BCUT2D eigenvalue weighted by molar-refractivity contribution is 6.40. The zero-order valence-corrected chi connectivity index (χ0v) is 5.73. The zero-order valence-electron chi connectivity index (χ0n) is 4.31. The van der Waals surface area contributed by atoms with Crippen molar-refractivity contribution in [1.82, 2.24) is 0 Å². The van der Waals surface area contributed by atoms with E-state index < -0.39 is 0 Å². The van der Waals surface area contributed by atoms with E-state index in [1.807, 2.05) is 12.4 Å². The Morgan fingerprint density at radius 2 is 2.57 bits per heavy atom. The lowest BCUT2D eigenvalue weighted by Crippen LogP contribution is -1.84. The van der Waals surface area contributed by atoms with Crippen molar-refractivity contribution < 1.29 is 4.79 Å². The van der Waals surface area contributed by atoms with Crippen LogP contribution >= 0.6 is 0 Å². The standard InChI is InChI=1S/C5H9OSi/c1-2-4-7-5-3-6/h2H,1,4-5,7H2. The third-order valence-electron chi connectivity index (χ3n) is 0.687. The van der Waals surface area contributed by atoms with Crippen LogP contribution in [-0.2, 0) is 4.79 Å². The Hall–Kier alpha value is -0.373. The van der Waals surface area contributed by atoms with Gasteiger partial charge in [-0.2, -0.15) is 0 Å². The van der Waals surface area contributed by atoms with Crippen molar-refractivity contribution in [2.45, 2.75) is 12.1 Å². The summed E-state index contributed by atoms with van der Waals surface area (Å²) in [5.74, 6) is 0. The van der Waals surface area contributed by atoms with Gasteiger partial charge in [-0.1, -0.05) is 6.08 Å². The van der Waals surface area contributed by atoms with Gasteiger partial charge in [-0.3, -0.25) is 4.79 Å². The Morgan fingerprint density at radius 1 is 1.86 bits per heavy atom. The summed E-state index contributed by atoms with van der Waals surface area (Å²) >= 11 is 0. The minimum atomic E-state index is -0.130. The van der Waals surface area contributed by atoms with Gasteiger partial charge in [0.05, 0.1) is 0 Å². The predicted molar refractivity (Wildman–Crippen MR) is 34.0 cm³/mol. The van der Waals surface area contributed by atoms with Gasteiger partial charge in [0, 0.05) is 15.6 Å². The van der Waals surface area contributed by atoms with Gasteiger partial charge in [-0.05, 0) is 6.04 Å². The topological polar surface area (TPSA) is 17.1 Å². The summed E-state index contributed by atoms with van der Waals surface area (Å²) < 4.78 is 0. The second-order valence-corrected chi connectivity index (χ2v) is 3.11. The van der Waals surface area contributed by atoms with E-state index in [4.69, 9.17) is 0 Å². The molecule has 0 fully saturated rings. The molecule has 0 saturated heterocycles. The molecule has 1 nitrogen and oxygen atoms in total. The van der Waals surface area contributed by atoms with E-state index in [0.29, 0.717) is 6.04 Å². The van der Waals surface area contributed by atoms with Crippen LogP contribution in [0.5, 0.6) is 0 Å². The first kappa shape index (κ1) is 6.63.